The van der Waals surface area contributed by atoms with Gasteiger partial charge in [-0.1, -0.05) is 13.8 Å². The highest BCUT2D eigenvalue weighted by atomic mass is 16.6. The highest BCUT2D eigenvalue weighted by molar-refractivity contribution is 5.82. The SMILES string of the molecule is CC(C)C[C@@H](CO)Nc1ncnc2c1ncn2[C@@H]1O[C@H](CO)[C@H](O)C1O. The highest BCUT2D eigenvalue weighted by Gasteiger charge is 2.44. The summed E-state index contributed by atoms with van der Waals surface area (Å²) < 4.78 is 7.04. The van der Waals surface area contributed by atoms with Crippen molar-refractivity contribution in [3.8, 4) is 0 Å². The summed E-state index contributed by atoms with van der Waals surface area (Å²) in [5.41, 5.74) is 0.881. The second-order valence-corrected chi connectivity index (χ2v) is 6.93. The summed E-state index contributed by atoms with van der Waals surface area (Å²) in [6.07, 6.45) is -0.656. The molecule has 2 aromatic heterocycles. The van der Waals surface area contributed by atoms with E-state index in [-0.39, 0.29) is 12.6 Å². The lowest BCUT2D eigenvalue weighted by Gasteiger charge is -2.19. The molecule has 5 N–H and O–H groups in total. The van der Waals surface area contributed by atoms with Crippen molar-refractivity contribution in [1.82, 2.24) is 19.5 Å². The van der Waals surface area contributed by atoms with Crippen molar-refractivity contribution in [1.29, 1.82) is 0 Å². The van der Waals surface area contributed by atoms with E-state index in [1.54, 1.807) is 0 Å². The number of rotatable bonds is 7. The third-order valence-electron chi connectivity index (χ3n) is 4.47. The second kappa shape index (κ2) is 7.80. The molecule has 3 rings (SSSR count). The molecule has 0 aromatic carbocycles. The number of fused-ring (bicyclic) bond motifs is 1. The quantitative estimate of drug-likeness (QED) is 0.427. The van der Waals surface area contributed by atoms with Crippen LogP contribution in [0.25, 0.3) is 11.2 Å². The van der Waals surface area contributed by atoms with E-state index < -0.39 is 31.1 Å². The minimum absolute atomic E-state index is 0.0425. The summed E-state index contributed by atoms with van der Waals surface area (Å²) in [6.45, 7) is 3.68. The Balaban J connectivity index is 1.89. The maximum absolute atomic E-state index is 10.2. The van der Waals surface area contributed by atoms with Crippen LogP contribution in [-0.4, -0.2) is 77.5 Å². The van der Waals surface area contributed by atoms with Crippen molar-refractivity contribution in [3.63, 3.8) is 0 Å². The molecule has 10 heteroatoms. The Morgan fingerprint density at radius 3 is 2.58 bits per heavy atom. The molecule has 5 atom stereocenters. The van der Waals surface area contributed by atoms with Crippen LogP contribution in [0.3, 0.4) is 0 Å². The summed E-state index contributed by atoms with van der Waals surface area (Å²) in [5.74, 6) is 0.869. The summed E-state index contributed by atoms with van der Waals surface area (Å²) in [4.78, 5) is 12.7. The van der Waals surface area contributed by atoms with Crippen molar-refractivity contribution in [2.24, 2.45) is 5.92 Å². The molecule has 0 bridgehead atoms. The Hall–Kier alpha value is -1.85. The van der Waals surface area contributed by atoms with E-state index in [2.05, 4.69) is 34.1 Å². The number of hydrogen-bond acceptors (Lipinski definition) is 9. The van der Waals surface area contributed by atoms with Gasteiger partial charge in [0, 0.05) is 0 Å². The molecule has 1 aliphatic heterocycles. The summed E-state index contributed by atoms with van der Waals surface area (Å²) in [7, 11) is 0. The molecule has 0 amide bonds. The van der Waals surface area contributed by atoms with Gasteiger partial charge in [-0.15, -0.1) is 0 Å². The molecular formula is C16H25N5O5. The lowest BCUT2D eigenvalue weighted by molar-refractivity contribution is -0.0511. The maximum atomic E-state index is 10.2. The first-order valence-electron chi connectivity index (χ1n) is 8.63. The molecule has 1 aliphatic rings. The Kier molecular flexibility index (Phi) is 5.68. The van der Waals surface area contributed by atoms with E-state index in [0.29, 0.717) is 22.9 Å². The minimum Gasteiger partial charge on any atom is -0.394 e. The fraction of sp³-hybridized carbons (Fsp3) is 0.688. The predicted octanol–water partition coefficient (Wildman–Crippen LogP) is -0.743. The number of aromatic nitrogens is 4. The molecule has 10 nitrogen and oxygen atoms in total. The summed E-state index contributed by atoms with van der Waals surface area (Å²) >= 11 is 0. The third kappa shape index (κ3) is 3.51. The Morgan fingerprint density at radius 1 is 1.19 bits per heavy atom. The van der Waals surface area contributed by atoms with Crippen molar-refractivity contribution < 1.29 is 25.2 Å². The van der Waals surface area contributed by atoms with Crippen LogP contribution >= 0.6 is 0 Å². The third-order valence-corrected chi connectivity index (χ3v) is 4.47. The molecule has 3 heterocycles. The highest BCUT2D eigenvalue weighted by Crippen LogP contribution is 2.32. The van der Waals surface area contributed by atoms with Gasteiger partial charge < -0.3 is 30.5 Å². The number of aliphatic hydroxyl groups excluding tert-OH is 4. The van der Waals surface area contributed by atoms with Gasteiger partial charge in [-0.05, 0) is 12.3 Å². The van der Waals surface area contributed by atoms with Crippen LogP contribution in [-0.2, 0) is 4.74 Å². The molecular weight excluding hydrogens is 342 g/mol. The summed E-state index contributed by atoms with van der Waals surface area (Å²) in [6, 6.07) is -0.174. The number of nitrogens with one attached hydrogen (secondary N) is 1. The van der Waals surface area contributed by atoms with Crippen molar-refractivity contribution in [2.45, 2.75) is 50.8 Å². The van der Waals surface area contributed by atoms with Gasteiger partial charge in [0.15, 0.2) is 23.2 Å². The first-order valence-corrected chi connectivity index (χ1v) is 8.63. The van der Waals surface area contributed by atoms with Crippen LogP contribution in [0.4, 0.5) is 5.82 Å². The molecule has 0 saturated carbocycles. The van der Waals surface area contributed by atoms with Gasteiger partial charge in [-0.3, -0.25) is 4.57 Å². The van der Waals surface area contributed by atoms with E-state index in [1.165, 1.54) is 17.2 Å². The molecule has 0 radical (unpaired) electrons. The van der Waals surface area contributed by atoms with E-state index in [1.807, 2.05) is 0 Å². The van der Waals surface area contributed by atoms with Crippen LogP contribution in [0, 0.1) is 5.92 Å². The minimum atomic E-state index is -1.22. The fourth-order valence-electron chi connectivity index (χ4n) is 3.20. The Morgan fingerprint density at radius 2 is 1.96 bits per heavy atom. The first kappa shape index (κ1) is 18.9. The molecule has 1 saturated heterocycles. The van der Waals surface area contributed by atoms with Gasteiger partial charge >= 0.3 is 0 Å². The standard InChI is InChI=1S/C16H25N5O5/c1-8(2)3-9(4-22)20-14-11-15(18-6-17-14)21(7-19-11)16-13(25)12(24)10(5-23)26-16/h6-10,12-13,16,22-25H,3-5H2,1-2H3,(H,17,18,20)/t9-,10+,12-,13?,16+/m0/s1. The van der Waals surface area contributed by atoms with E-state index in [9.17, 15) is 20.4 Å². The van der Waals surface area contributed by atoms with Crippen molar-refractivity contribution in [2.75, 3.05) is 18.5 Å². The molecule has 0 aliphatic carbocycles. The molecule has 2 aromatic rings. The van der Waals surface area contributed by atoms with Gasteiger partial charge in [0.2, 0.25) is 0 Å². The molecule has 1 fully saturated rings. The van der Waals surface area contributed by atoms with Gasteiger partial charge in [0.25, 0.3) is 0 Å². The average Bonchev–Trinajstić information content (AvgIpc) is 3.16. The zero-order valence-corrected chi connectivity index (χ0v) is 14.7. The van der Waals surface area contributed by atoms with Crippen molar-refractivity contribution in [3.05, 3.63) is 12.7 Å². The number of nitrogens with zero attached hydrogens (tertiary/aromatic N) is 4. The lowest BCUT2D eigenvalue weighted by atomic mass is 10.0. The van der Waals surface area contributed by atoms with E-state index in [0.717, 1.165) is 6.42 Å². The molecule has 0 spiro atoms. The van der Waals surface area contributed by atoms with Crippen LogP contribution in [0.1, 0.15) is 26.5 Å². The monoisotopic (exact) mass is 367 g/mol. The lowest BCUT2D eigenvalue weighted by Crippen LogP contribution is -2.33. The van der Waals surface area contributed by atoms with Gasteiger partial charge in [-0.2, -0.15) is 0 Å². The smallest absolute Gasteiger partial charge is 0.167 e. The van der Waals surface area contributed by atoms with Crippen LogP contribution in [0.15, 0.2) is 12.7 Å². The fourth-order valence-corrected chi connectivity index (χ4v) is 3.20. The maximum Gasteiger partial charge on any atom is 0.167 e. The zero-order chi connectivity index (χ0) is 18.8. The zero-order valence-electron chi connectivity index (χ0n) is 14.7. The molecule has 26 heavy (non-hydrogen) atoms. The second-order valence-electron chi connectivity index (χ2n) is 6.93. The molecule has 1 unspecified atom stereocenters. The number of imidazole rings is 1. The summed E-state index contributed by atoms with van der Waals surface area (Å²) in [5, 5.41) is 42.2. The Labute approximate surface area is 150 Å². The van der Waals surface area contributed by atoms with Gasteiger partial charge in [-0.25, -0.2) is 15.0 Å². The Bertz CT molecular complexity index is 739. The van der Waals surface area contributed by atoms with Gasteiger partial charge in [0.05, 0.1) is 25.6 Å². The first-order chi connectivity index (χ1) is 12.5. The number of hydrogen-bond donors (Lipinski definition) is 5. The van der Waals surface area contributed by atoms with Gasteiger partial charge in [0.1, 0.15) is 24.6 Å². The number of ether oxygens (including phenoxy) is 1. The van der Waals surface area contributed by atoms with E-state index >= 15 is 0 Å². The predicted molar refractivity (Wildman–Crippen MR) is 92.3 cm³/mol. The van der Waals surface area contributed by atoms with E-state index in [4.69, 9.17) is 4.74 Å². The normalized spacial score (nSPS) is 27.3. The van der Waals surface area contributed by atoms with Crippen LogP contribution < -0.4 is 5.32 Å². The number of aliphatic hydroxyl groups is 4. The van der Waals surface area contributed by atoms with Crippen molar-refractivity contribution >= 4 is 17.0 Å². The average molecular weight is 367 g/mol. The van der Waals surface area contributed by atoms with Crippen LogP contribution in [0.5, 0.6) is 0 Å². The topological polar surface area (TPSA) is 146 Å². The van der Waals surface area contributed by atoms with Crippen LogP contribution in [0.2, 0.25) is 0 Å². The molecule has 144 valence electrons. The number of anilines is 1. The largest absolute Gasteiger partial charge is 0.394 e.